The average Bonchev–Trinajstić information content (AvgIpc) is 3.06. The number of aryl methyl sites for hydroxylation is 1. The molecule has 0 radical (unpaired) electrons. The monoisotopic (exact) mass is 395 g/mol. The van der Waals surface area contributed by atoms with E-state index in [4.69, 9.17) is 4.42 Å². The summed E-state index contributed by atoms with van der Waals surface area (Å²) in [4.78, 5) is 28.6. The number of amides is 1. The van der Waals surface area contributed by atoms with Gasteiger partial charge >= 0.3 is 0 Å². The van der Waals surface area contributed by atoms with Gasteiger partial charge in [-0.3, -0.25) is 9.59 Å². The number of hydrogen-bond acceptors (Lipinski definition) is 3. The van der Waals surface area contributed by atoms with E-state index in [1.807, 2.05) is 79.7 Å². The maximum Gasteiger partial charge on any atom is 0.290 e. The van der Waals surface area contributed by atoms with Crippen LogP contribution in [0.2, 0.25) is 0 Å². The lowest BCUT2D eigenvalue weighted by atomic mass is 9.98. The Morgan fingerprint density at radius 3 is 2.33 bits per heavy atom. The molecule has 4 nitrogen and oxygen atoms in total. The van der Waals surface area contributed by atoms with Gasteiger partial charge < -0.3 is 9.32 Å². The second kappa shape index (κ2) is 7.30. The number of benzene rings is 3. The molecule has 0 saturated heterocycles. The number of nitrogens with zero attached hydrogens (tertiary/aromatic N) is 1. The van der Waals surface area contributed by atoms with Gasteiger partial charge in [-0.2, -0.15) is 0 Å². The summed E-state index contributed by atoms with van der Waals surface area (Å²) in [6.45, 7) is 2.44. The zero-order chi connectivity index (χ0) is 20.7. The molecule has 1 amide bonds. The molecule has 4 heteroatoms. The van der Waals surface area contributed by atoms with Crippen molar-refractivity contribution in [3.8, 4) is 0 Å². The molecule has 1 atom stereocenters. The lowest BCUT2D eigenvalue weighted by Crippen LogP contribution is -2.31. The van der Waals surface area contributed by atoms with E-state index in [-0.39, 0.29) is 17.1 Å². The van der Waals surface area contributed by atoms with E-state index >= 15 is 0 Å². The van der Waals surface area contributed by atoms with Crippen LogP contribution in [0.5, 0.6) is 0 Å². The van der Waals surface area contributed by atoms with E-state index in [0.717, 1.165) is 16.7 Å². The van der Waals surface area contributed by atoms with Crippen molar-refractivity contribution in [3.63, 3.8) is 0 Å². The molecule has 148 valence electrons. The number of rotatable bonds is 4. The summed E-state index contributed by atoms with van der Waals surface area (Å²) in [5.74, 6) is -0.0624. The Balaban J connectivity index is 1.65. The zero-order valence-corrected chi connectivity index (χ0v) is 16.7. The molecule has 2 heterocycles. The SMILES string of the molecule is Cc1ccc2oc3c(c(=O)c2c1)[C@H](c1ccccc1)N(CCc1ccccc1)C3=O. The van der Waals surface area contributed by atoms with Crippen LogP contribution < -0.4 is 5.43 Å². The third-order valence-electron chi connectivity index (χ3n) is 5.72. The van der Waals surface area contributed by atoms with Gasteiger partial charge in [-0.25, -0.2) is 0 Å². The quantitative estimate of drug-likeness (QED) is 0.494. The fraction of sp³-hybridized carbons (Fsp3) is 0.154. The second-order valence-corrected chi connectivity index (χ2v) is 7.72. The summed E-state index contributed by atoms with van der Waals surface area (Å²) in [6.07, 6.45) is 0.705. The van der Waals surface area contributed by atoms with Gasteiger partial charge in [0.2, 0.25) is 5.76 Å². The maximum atomic E-state index is 13.5. The molecular weight excluding hydrogens is 374 g/mol. The van der Waals surface area contributed by atoms with Crippen molar-refractivity contribution < 1.29 is 9.21 Å². The molecule has 0 N–H and O–H groups in total. The molecule has 0 saturated carbocycles. The average molecular weight is 395 g/mol. The van der Waals surface area contributed by atoms with Crippen molar-refractivity contribution in [1.82, 2.24) is 4.90 Å². The standard InChI is InChI=1S/C26H21NO3/c1-17-12-13-21-20(16-17)24(28)22-23(19-10-6-3-7-11-19)27(26(29)25(22)30-21)15-14-18-8-4-2-5-9-18/h2-13,16,23H,14-15H2,1H3/t23-/m0/s1. The number of carbonyl (C=O) groups is 1. The predicted octanol–water partition coefficient (Wildman–Crippen LogP) is 4.89. The fourth-order valence-corrected chi connectivity index (χ4v) is 4.24. The van der Waals surface area contributed by atoms with Crippen LogP contribution in [-0.4, -0.2) is 17.4 Å². The summed E-state index contributed by atoms with van der Waals surface area (Å²) in [7, 11) is 0. The minimum atomic E-state index is -0.446. The summed E-state index contributed by atoms with van der Waals surface area (Å²) >= 11 is 0. The summed E-state index contributed by atoms with van der Waals surface area (Å²) < 4.78 is 6.00. The first kappa shape index (κ1) is 18.4. The van der Waals surface area contributed by atoms with Crippen molar-refractivity contribution in [2.24, 2.45) is 0 Å². The molecule has 4 aromatic rings. The topological polar surface area (TPSA) is 50.5 Å². The van der Waals surface area contributed by atoms with Crippen LogP contribution in [-0.2, 0) is 6.42 Å². The van der Waals surface area contributed by atoms with Crippen LogP contribution in [0.4, 0.5) is 0 Å². The molecule has 1 aliphatic heterocycles. The van der Waals surface area contributed by atoms with E-state index in [9.17, 15) is 9.59 Å². The molecule has 0 fully saturated rings. The highest BCUT2D eigenvalue weighted by atomic mass is 16.3. The van der Waals surface area contributed by atoms with Gasteiger partial charge in [0.15, 0.2) is 5.43 Å². The fourth-order valence-electron chi connectivity index (χ4n) is 4.24. The van der Waals surface area contributed by atoms with Crippen LogP contribution in [0.3, 0.4) is 0 Å². The molecule has 0 unspecified atom stereocenters. The van der Waals surface area contributed by atoms with E-state index in [0.29, 0.717) is 29.5 Å². The summed E-state index contributed by atoms with van der Waals surface area (Å²) in [5.41, 5.74) is 3.81. The first-order chi connectivity index (χ1) is 14.6. The highest BCUT2D eigenvalue weighted by Gasteiger charge is 2.42. The molecule has 0 spiro atoms. The normalized spacial score (nSPS) is 15.6. The third-order valence-corrected chi connectivity index (χ3v) is 5.72. The predicted molar refractivity (Wildman–Crippen MR) is 117 cm³/mol. The van der Waals surface area contributed by atoms with Gasteiger partial charge in [0.1, 0.15) is 5.58 Å². The van der Waals surface area contributed by atoms with E-state index in [2.05, 4.69) is 0 Å². The van der Waals surface area contributed by atoms with Crippen molar-refractivity contribution in [2.75, 3.05) is 6.54 Å². The lowest BCUT2D eigenvalue weighted by molar-refractivity contribution is 0.0730. The van der Waals surface area contributed by atoms with Crippen molar-refractivity contribution in [1.29, 1.82) is 0 Å². The highest BCUT2D eigenvalue weighted by molar-refractivity contribution is 5.99. The van der Waals surface area contributed by atoms with Gasteiger partial charge in [-0.05, 0) is 36.6 Å². The number of fused-ring (bicyclic) bond motifs is 2. The number of carbonyl (C=O) groups excluding carboxylic acids is 1. The largest absolute Gasteiger partial charge is 0.450 e. The molecule has 0 bridgehead atoms. The molecule has 3 aromatic carbocycles. The highest BCUT2D eigenvalue weighted by Crippen LogP contribution is 2.38. The Kier molecular flexibility index (Phi) is 4.47. The number of hydrogen-bond donors (Lipinski definition) is 0. The van der Waals surface area contributed by atoms with E-state index in [1.54, 1.807) is 11.0 Å². The van der Waals surface area contributed by atoms with Gasteiger partial charge in [0, 0.05) is 6.54 Å². The second-order valence-electron chi connectivity index (χ2n) is 7.72. The smallest absolute Gasteiger partial charge is 0.290 e. The Bertz CT molecular complexity index is 1290. The zero-order valence-electron chi connectivity index (χ0n) is 16.7. The lowest BCUT2D eigenvalue weighted by Gasteiger charge is -2.25. The third kappa shape index (κ3) is 3.01. The van der Waals surface area contributed by atoms with E-state index < -0.39 is 6.04 Å². The maximum absolute atomic E-state index is 13.5. The van der Waals surface area contributed by atoms with Crippen molar-refractivity contribution >= 4 is 16.9 Å². The van der Waals surface area contributed by atoms with Crippen LogP contribution in [0.15, 0.2) is 88.1 Å². The first-order valence-electron chi connectivity index (χ1n) is 10.1. The molecule has 1 aromatic heterocycles. The minimum Gasteiger partial charge on any atom is -0.450 e. The van der Waals surface area contributed by atoms with Crippen molar-refractivity contribution in [3.05, 3.63) is 117 Å². The Labute approximate surface area is 174 Å². The first-order valence-corrected chi connectivity index (χ1v) is 10.1. The molecule has 0 aliphatic carbocycles. The van der Waals surface area contributed by atoms with E-state index in [1.165, 1.54) is 0 Å². The van der Waals surface area contributed by atoms with Crippen LogP contribution in [0, 0.1) is 6.92 Å². The van der Waals surface area contributed by atoms with Gasteiger partial charge in [0.05, 0.1) is 17.0 Å². The Morgan fingerprint density at radius 2 is 1.60 bits per heavy atom. The van der Waals surface area contributed by atoms with Crippen LogP contribution in [0.25, 0.3) is 11.0 Å². The summed E-state index contributed by atoms with van der Waals surface area (Å²) in [6, 6.07) is 24.8. The minimum absolute atomic E-state index is 0.126. The van der Waals surface area contributed by atoms with Gasteiger partial charge in [0.25, 0.3) is 5.91 Å². The van der Waals surface area contributed by atoms with Gasteiger partial charge in [-0.1, -0.05) is 72.3 Å². The van der Waals surface area contributed by atoms with Crippen LogP contribution in [0.1, 0.15) is 38.9 Å². The van der Waals surface area contributed by atoms with Gasteiger partial charge in [-0.15, -0.1) is 0 Å². The van der Waals surface area contributed by atoms with Crippen LogP contribution >= 0.6 is 0 Å². The molecule has 1 aliphatic rings. The Morgan fingerprint density at radius 1 is 0.900 bits per heavy atom. The summed E-state index contributed by atoms with van der Waals surface area (Å²) in [5, 5.41) is 0.521. The molecule has 5 rings (SSSR count). The Hall–Kier alpha value is -3.66. The molecule has 30 heavy (non-hydrogen) atoms. The van der Waals surface area contributed by atoms with Crippen molar-refractivity contribution in [2.45, 2.75) is 19.4 Å². The molecular formula is C26H21NO3.